The van der Waals surface area contributed by atoms with Gasteiger partial charge in [-0.2, -0.15) is 0 Å². The Hall–Kier alpha value is -2.85. The molecule has 4 heteroatoms. The maximum Gasteiger partial charge on any atom is 0.220 e. The highest BCUT2D eigenvalue weighted by molar-refractivity contribution is 5.76. The predicted molar refractivity (Wildman–Crippen MR) is 113 cm³/mol. The number of carbonyl (C=O) groups excluding carboxylic acids is 1. The number of benzene rings is 2. The fourth-order valence-corrected chi connectivity index (χ4v) is 3.15. The van der Waals surface area contributed by atoms with Gasteiger partial charge in [-0.25, -0.2) is 0 Å². The van der Waals surface area contributed by atoms with Crippen molar-refractivity contribution in [3.63, 3.8) is 0 Å². The van der Waals surface area contributed by atoms with E-state index in [9.17, 15) is 4.79 Å². The Kier molecular flexibility index (Phi) is 7.44. The van der Waals surface area contributed by atoms with Crippen LogP contribution >= 0.6 is 0 Å². The highest BCUT2D eigenvalue weighted by Crippen LogP contribution is 2.22. The first-order valence-electron chi connectivity index (χ1n) is 9.84. The molecule has 0 aliphatic rings. The number of amides is 1. The summed E-state index contributed by atoms with van der Waals surface area (Å²) in [6, 6.07) is 24.3. The third-order valence-electron chi connectivity index (χ3n) is 4.65. The fraction of sp³-hybridized carbons (Fsp3) is 0.292. The van der Waals surface area contributed by atoms with Crippen LogP contribution < -0.4 is 5.32 Å². The lowest BCUT2D eigenvalue weighted by Crippen LogP contribution is -2.28. The molecule has 0 fully saturated rings. The molecule has 3 rings (SSSR count). The molecule has 4 nitrogen and oxygen atoms in total. The molecule has 2 aromatic carbocycles. The predicted octanol–water partition coefficient (Wildman–Crippen LogP) is 4.52. The van der Waals surface area contributed by atoms with Gasteiger partial charge in [-0.3, -0.25) is 4.79 Å². The van der Waals surface area contributed by atoms with Crippen molar-refractivity contribution in [2.45, 2.75) is 25.8 Å². The van der Waals surface area contributed by atoms with E-state index in [1.54, 1.807) is 0 Å². The molecule has 146 valence electrons. The summed E-state index contributed by atoms with van der Waals surface area (Å²) in [6.07, 6.45) is 2.00. The highest BCUT2D eigenvalue weighted by atomic mass is 16.3. The van der Waals surface area contributed by atoms with Crippen LogP contribution in [0.15, 0.2) is 77.2 Å². The van der Waals surface area contributed by atoms with Gasteiger partial charge in [-0.15, -0.1) is 0 Å². The SMILES string of the molecule is CN(CCCNC(=O)CCc1ccc(-c2ccccc2)o1)Cc1ccccc1. The van der Waals surface area contributed by atoms with E-state index in [2.05, 4.69) is 41.5 Å². The number of furan rings is 1. The number of nitrogens with one attached hydrogen (secondary N) is 1. The van der Waals surface area contributed by atoms with E-state index in [0.29, 0.717) is 19.4 Å². The van der Waals surface area contributed by atoms with E-state index in [1.165, 1.54) is 5.56 Å². The first kappa shape index (κ1) is 19.9. The molecule has 3 aromatic rings. The van der Waals surface area contributed by atoms with Crippen molar-refractivity contribution in [1.29, 1.82) is 0 Å². The van der Waals surface area contributed by atoms with Gasteiger partial charge in [0.25, 0.3) is 0 Å². The van der Waals surface area contributed by atoms with Crippen molar-refractivity contribution in [3.8, 4) is 11.3 Å². The minimum atomic E-state index is 0.0726. The normalized spacial score (nSPS) is 10.9. The van der Waals surface area contributed by atoms with Crippen molar-refractivity contribution in [3.05, 3.63) is 84.1 Å². The molecule has 0 aliphatic carbocycles. The van der Waals surface area contributed by atoms with Gasteiger partial charge in [0.15, 0.2) is 0 Å². The van der Waals surface area contributed by atoms with Gasteiger partial charge in [-0.1, -0.05) is 60.7 Å². The third-order valence-corrected chi connectivity index (χ3v) is 4.65. The standard InChI is InChI=1S/C24H28N2O2/c1-26(19-20-9-4-2-5-10-20)18-8-17-25-24(27)16-14-22-13-15-23(28-22)21-11-6-3-7-12-21/h2-7,9-13,15H,8,14,16-19H2,1H3,(H,25,27). The Morgan fingerprint density at radius 1 is 0.964 bits per heavy atom. The van der Waals surface area contributed by atoms with Gasteiger partial charge in [-0.05, 0) is 37.7 Å². The lowest BCUT2D eigenvalue weighted by molar-refractivity contribution is -0.121. The molecule has 1 heterocycles. The Morgan fingerprint density at radius 3 is 2.43 bits per heavy atom. The molecular formula is C24H28N2O2. The average Bonchev–Trinajstić information content (AvgIpc) is 3.20. The lowest BCUT2D eigenvalue weighted by atomic mass is 10.2. The van der Waals surface area contributed by atoms with Crippen LogP contribution in [-0.4, -0.2) is 30.9 Å². The van der Waals surface area contributed by atoms with Crippen LogP contribution in [0.1, 0.15) is 24.2 Å². The zero-order valence-electron chi connectivity index (χ0n) is 16.4. The van der Waals surface area contributed by atoms with Gasteiger partial charge >= 0.3 is 0 Å². The van der Waals surface area contributed by atoms with Crippen molar-refractivity contribution >= 4 is 5.91 Å². The molecule has 0 bridgehead atoms. The number of hydrogen-bond acceptors (Lipinski definition) is 3. The van der Waals surface area contributed by atoms with Crippen LogP contribution in [0.5, 0.6) is 0 Å². The lowest BCUT2D eigenvalue weighted by Gasteiger charge is -2.16. The molecule has 0 saturated carbocycles. The molecule has 1 N–H and O–H groups in total. The molecular weight excluding hydrogens is 348 g/mol. The molecule has 1 aromatic heterocycles. The molecule has 0 spiro atoms. The first-order valence-corrected chi connectivity index (χ1v) is 9.84. The summed E-state index contributed by atoms with van der Waals surface area (Å²) in [5.74, 6) is 1.76. The smallest absolute Gasteiger partial charge is 0.220 e. The van der Waals surface area contributed by atoms with Gasteiger partial charge in [0.2, 0.25) is 5.91 Å². The summed E-state index contributed by atoms with van der Waals surface area (Å²) in [7, 11) is 2.11. The van der Waals surface area contributed by atoms with E-state index < -0.39 is 0 Å². The maximum atomic E-state index is 12.1. The van der Waals surface area contributed by atoms with Crippen molar-refractivity contribution in [2.24, 2.45) is 0 Å². The Morgan fingerprint density at radius 2 is 1.68 bits per heavy atom. The van der Waals surface area contributed by atoms with Crippen LogP contribution in [0.2, 0.25) is 0 Å². The monoisotopic (exact) mass is 376 g/mol. The summed E-state index contributed by atoms with van der Waals surface area (Å²) in [5, 5.41) is 3.00. The summed E-state index contributed by atoms with van der Waals surface area (Å²) in [5.41, 5.74) is 2.36. The zero-order valence-corrected chi connectivity index (χ0v) is 16.4. The number of hydrogen-bond donors (Lipinski definition) is 1. The van der Waals surface area contributed by atoms with Crippen LogP contribution in [0.3, 0.4) is 0 Å². The second-order valence-corrected chi connectivity index (χ2v) is 7.06. The Labute approximate surface area is 167 Å². The molecule has 0 aliphatic heterocycles. The number of rotatable bonds is 10. The molecule has 28 heavy (non-hydrogen) atoms. The van der Waals surface area contributed by atoms with Crippen molar-refractivity contribution < 1.29 is 9.21 Å². The van der Waals surface area contributed by atoms with Gasteiger partial charge in [0, 0.05) is 31.5 Å². The second-order valence-electron chi connectivity index (χ2n) is 7.06. The van der Waals surface area contributed by atoms with Crippen molar-refractivity contribution in [2.75, 3.05) is 20.1 Å². The Bertz CT molecular complexity index is 843. The first-order chi connectivity index (χ1) is 13.7. The van der Waals surface area contributed by atoms with E-state index in [0.717, 1.165) is 36.6 Å². The molecule has 0 unspecified atom stereocenters. The van der Waals surface area contributed by atoms with E-state index in [1.807, 2.05) is 48.5 Å². The third kappa shape index (κ3) is 6.39. The van der Waals surface area contributed by atoms with Gasteiger partial charge < -0.3 is 14.6 Å². The van der Waals surface area contributed by atoms with Crippen LogP contribution in [0.4, 0.5) is 0 Å². The van der Waals surface area contributed by atoms with E-state index in [-0.39, 0.29) is 5.91 Å². The summed E-state index contributed by atoms with van der Waals surface area (Å²) >= 11 is 0. The quantitative estimate of drug-likeness (QED) is 0.529. The molecule has 0 saturated heterocycles. The number of nitrogens with zero attached hydrogens (tertiary/aromatic N) is 1. The van der Waals surface area contributed by atoms with Gasteiger partial charge in [0.1, 0.15) is 11.5 Å². The average molecular weight is 377 g/mol. The minimum Gasteiger partial charge on any atom is -0.461 e. The summed E-state index contributed by atoms with van der Waals surface area (Å²) in [6.45, 7) is 2.58. The zero-order chi connectivity index (χ0) is 19.6. The Balaban J connectivity index is 1.31. The number of aryl methyl sites for hydroxylation is 1. The summed E-state index contributed by atoms with van der Waals surface area (Å²) in [4.78, 5) is 14.3. The largest absolute Gasteiger partial charge is 0.461 e. The van der Waals surface area contributed by atoms with Gasteiger partial charge in [0.05, 0.1) is 0 Å². The number of carbonyl (C=O) groups is 1. The van der Waals surface area contributed by atoms with E-state index >= 15 is 0 Å². The molecule has 1 amide bonds. The topological polar surface area (TPSA) is 45.5 Å². The maximum absolute atomic E-state index is 12.1. The molecule has 0 radical (unpaired) electrons. The van der Waals surface area contributed by atoms with Crippen LogP contribution in [-0.2, 0) is 17.8 Å². The van der Waals surface area contributed by atoms with Crippen LogP contribution in [0.25, 0.3) is 11.3 Å². The fourth-order valence-electron chi connectivity index (χ4n) is 3.15. The molecule has 0 atom stereocenters. The summed E-state index contributed by atoms with van der Waals surface area (Å²) < 4.78 is 5.85. The second kappa shape index (κ2) is 10.5. The van der Waals surface area contributed by atoms with Crippen molar-refractivity contribution in [1.82, 2.24) is 10.2 Å². The van der Waals surface area contributed by atoms with E-state index in [4.69, 9.17) is 4.42 Å². The minimum absolute atomic E-state index is 0.0726. The highest BCUT2D eigenvalue weighted by Gasteiger charge is 2.07. The van der Waals surface area contributed by atoms with Crippen LogP contribution in [0, 0.1) is 0 Å².